The van der Waals surface area contributed by atoms with Crippen LogP contribution >= 0.6 is 0 Å². The summed E-state index contributed by atoms with van der Waals surface area (Å²) in [4.78, 5) is 12.6. The van der Waals surface area contributed by atoms with Crippen LogP contribution in [-0.2, 0) is 21.0 Å². The van der Waals surface area contributed by atoms with Crippen LogP contribution in [0.3, 0.4) is 0 Å². The Bertz CT molecular complexity index is 1020. The molecule has 1 fully saturated rings. The molecule has 2 aromatic carbocycles. The van der Waals surface area contributed by atoms with E-state index in [2.05, 4.69) is 20.9 Å². The van der Waals surface area contributed by atoms with Crippen LogP contribution in [0.1, 0.15) is 16.7 Å². The minimum Gasteiger partial charge on any atom is -0.326 e. The molecule has 30 heavy (non-hydrogen) atoms. The molecule has 162 valence electrons. The number of alkyl halides is 3. The molecule has 2 atom stereocenters. The Morgan fingerprint density at radius 1 is 1.03 bits per heavy atom. The second-order valence-corrected chi connectivity index (χ2v) is 8.94. The van der Waals surface area contributed by atoms with E-state index in [1.807, 2.05) is 19.9 Å². The lowest BCUT2D eigenvalue weighted by Crippen LogP contribution is -2.45. The predicted octanol–water partition coefficient (Wildman–Crippen LogP) is 2.75. The van der Waals surface area contributed by atoms with Gasteiger partial charge < -0.3 is 5.32 Å². The number of hydrogen-bond donors (Lipinski definition) is 4. The number of hydrogen-bond acceptors (Lipinski definition) is 5. The summed E-state index contributed by atoms with van der Waals surface area (Å²) in [5, 5.41) is 1.20. The zero-order valence-corrected chi connectivity index (χ0v) is 17.0. The van der Waals surface area contributed by atoms with Crippen molar-refractivity contribution in [2.75, 3.05) is 16.6 Å². The number of benzene rings is 2. The van der Waals surface area contributed by atoms with Gasteiger partial charge >= 0.3 is 6.18 Å². The van der Waals surface area contributed by atoms with Crippen molar-refractivity contribution in [3.63, 3.8) is 0 Å². The summed E-state index contributed by atoms with van der Waals surface area (Å²) in [6.07, 6.45) is -4.49. The highest BCUT2D eigenvalue weighted by Gasteiger charge is 2.42. The molecule has 1 amide bonds. The maximum atomic E-state index is 12.8. The molecular weight excluding hydrogens is 421 g/mol. The Kier molecular flexibility index (Phi) is 6.06. The van der Waals surface area contributed by atoms with E-state index in [9.17, 15) is 26.4 Å². The third kappa shape index (κ3) is 5.10. The van der Waals surface area contributed by atoms with Gasteiger partial charge in [-0.05, 0) is 61.4 Å². The Labute approximate surface area is 172 Å². The van der Waals surface area contributed by atoms with Gasteiger partial charge in [-0.15, -0.1) is 0 Å². The first-order valence-corrected chi connectivity index (χ1v) is 10.6. The maximum Gasteiger partial charge on any atom is 0.416 e. The van der Waals surface area contributed by atoms with E-state index in [0.29, 0.717) is 5.69 Å². The number of carbonyl (C=O) groups excluding carboxylic acids is 1. The number of halogens is 3. The molecule has 0 radical (unpaired) electrons. The van der Waals surface area contributed by atoms with Gasteiger partial charge in [-0.3, -0.25) is 14.9 Å². The van der Waals surface area contributed by atoms with Gasteiger partial charge in [-0.2, -0.15) is 13.2 Å². The van der Waals surface area contributed by atoms with Crippen LogP contribution in [0.5, 0.6) is 0 Å². The molecule has 1 aliphatic heterocycles. The number of carbonyl (C=O) groups is 1. The van der Waals surface area contributed by atoms with Crippen molar-refractivity contribution in [1.82, 2.24) is 10.9 Å². The zero-order chi connectivity index (χ0) is 22.1. The number of anilines is 2. The van der Waals surface area contributed by atoms with Crippen molar-refractivity contribution in [3.05, 3.63) is 59.2 Å². The molecule has 0 bridgehead atoms. The molecule has 7 nitrogen and oxygen atoms in total. The first-order chi connectivity index (χ1) is 14.0. The number of nitrogens with one attached hydrogen (secondary N) is 4. The van der Waals surface area contributed by atoms with Crippen LogP contribution < -0.4 is 20.9 Å². The second kappa shape index (κ2) is 8.25. The summed E-state index contributed by atoms with van der Waals surface area (Å²) in [5.41, 5.74) is 6.66. The van der Waals surface area contributed by atoms with Gasteiger partial charge in [0.1, 0.15) is 0 Å². The average molecular weight is 442 g/mol. The number of aryl methyl sites for hydroxylation is 2. The van der Waals surface area contributed by atoms with Crippen molar-refractivity contribution in [1.29, 1.82) is 0 Å². The summed E-state index contributed by atoms with van der Waals surface area (Å²) in [5.74, 6) is -1.64. The molecule has 4 N–H and O–H groups in total. The normalized spacial score (nSPS) is 19.5. The van der Waals surface area contributed by atoms with Crippen molar-refractivity contribution < 1.29 is 26.4 Å². The summed E-state index contributed by atoms with van der Waals surface area (Å²) < 4.78 is 66.1. The molecule has 0 aromatic heterocycles. The van der Waals surface area contributed by atoms with E-state index >= 15 is 0 Å². The highest BCUT2D eigenvalue weighted by molar-refractivity contribution is 7.93. The fourth-order valence-electron chi connectivity index (χ4n) is 3.24. The van der Waals surface area contributed by atoms with Gasteiger partial charge in [-0.1, -0.05) is 6.07 Å². The Hall–Kier alpha value is -2.63. The third-order valence-corrected chi connectivity index (χ3v) is 6.20. The quantitative estimate of drug-likeness (QED) is 0.571. The number of amides is 1. The van der Waals surface area contributed by atoms with Crippen LogP contribution in [0.2, 0.25) is 0 Å². The Morgan fingerprint density at radius 3 is 2.20 bits per heavy atom. The molecule has 1 aliphatic rings. The predicted molar refractivity (Wildman–Crippen MR) is 107 cm³/mol. The van der Waals surface area contributed by atoms with Gasteiger partial charge in [0.25, 0.3) is 10.0 Å². The van der Waals surface area contributed by atoms with Crippen LogP contribution in [-0.4, -0.2) is 26.2 Å². The fourth-order valence-corrected chi connectivity index (χ4v) is 4.70. The summed E-state index contributed by atoms with van der Waals surface area (Å²) in [7, 11) is -3.99. The van der Waals surface area contributed by atoms with E-state index in [1.165, 1.54) is 0 Å². The zero-order valence-electron chi connectivity index (χ0n) is 16.2. The molecule has 11 heteroatoms. The average Bonchev–Trinajstić information content (AvgIpc) is 3.11. The smallest absolute Gasteiger partial charge is 0.326 e. The van der Waals surface area contributed by atoms with Gasteiger partial charge in [0.05, 0.1) is 11.5 Å². The van der Waals surface area contributed by atoms with Crippen LogP contribution in [0.15, 0.2) is 42.5 Å². The van der Waals surface area contributed by atoms with E-state index < -0.39 is 39.0 Å². The third-order valence-electron chi connectivity index (χ3n) is 4.56. The lowest BCUT2D eigenvalue weighted by Gasteiger charge is -2.20. The highest BCUT2D eigenvalue weighted by Crippen LogP contribution is 2.30. The topological polar surface area (TPSA) is 99.3 Å². The molecule has 0 spiro atoms. The molecule has 1 saturated heterocycles. The van der Waals surface area contributed by atoms with Crippen molar-refractivity contribution in [2.45, 2.75) is 25.4 Å². The van der Waals surface area contributed by atoms with Crippen molar-refractivity contribution >= 4 is 27.3 Å². The van der Waals surface area contributed by atoms with Gasteiger partial charge in [-0.25, -0.2) is 13.8 Å². The number of hydrazine groups is 1. The first kappa shape index (κ1) is 22.1. The van der Waals surface area contributed by atoms with E-state index in [4.69, 9.17) is 0 Å². The van der Waals surface area contributed by atoms with Crippen LogP contribution in [0.4, 0.5) is 24.5 Å². The van der Waals surface area contributed by atoms with Crippen LogP contribution in [0.25, 0.3) is 0 Å². The first-order valence-electron chi connectivity index (χ1n) is 9.02. The van der Waals surface area contributed by atoms with Crippen molar-refractivity contribution in [3.8, 4) is 0 Å². The van der Waals surface area contributed by atoms with Crippen molar-refractivity contribution in [2.24, 2.45) is 5.92 Å². The second-order valence-electron chi connectivity index (χ2n) is 7.14. The van der Waals surface area contributed by atoms with Crippen LogP contribution in [0, 0.1) is 19.8 Å². The number of sulfonamides is 1. The molecule has 2 unspecified atom stereocenters. The van der Waals surface area contributed by atoms with E-state index in [0.717, 1.165) is 35.4 Å². The summed E-state index contributed by atoms with van der Waals surface area (Å²) in [6, 6.07) is 9.16. The van der Waals surface area contributed by atoms with Gasteiger partial charge in [0, 0.05) is 17.9 Å². The lowest BCUT2D eigenvalue weighted by atomic mass is 10.1. The molecule has 2 aromatic rings. The Morgan fingerprint density at radius 2 is 1.63 bits per heavy atom. The fraction of sp³-hybridized carbons (Fsp3) is 0.316. The maximum absolute atomic E-state index is 12.8. The van der Waals surface area contributed by atoms with E-state index in [-0.39, 0.29) is 12.2 Å². The summed E-state index contributed by atoms with van der Waals surface area (Å²) >= 11 is 0. The molecule has 1 heterocycles. The minimum atomic E-state index is -4.49. The SMILES string of the molecule is Cc1cc(C)cc(NS(=O)(=O)C2NNCC2C(=O)Nc2ccc(C(F)(F)F)cc2)c1. The lowest BCUT2D eigenvalue weighted by molar-refractivity contribution is -0.137. The highest BCUT2D eigenvalue weighted by atomic mass is 32.2. The molecular formula is C19H21F3N4O3S. The standard InChI is InChI=1S/C19H21F3N4O3S/c1-11-7-12(2)9-15(8-11)26-30(28,29)18-16(10-23-25-18)17(27)24-14-5-3-13(4-6-14)19(20,21)22/h3-9,16,18,23,25-26H,10H2,1-2H3,(H,24,27). The largest absolute Gasteiger partial charge is 0.416 e. The summed E-state index contributed by atoms with van der Waals surface area (Å²) in [6.45, 7) is 3.70. The Balaban J connectivity index is 1.73. The van der Waals surface area contributed by atoms with Gasteiger partial charge in [0.15, 0.2) is 5.37 Å². The molecule has 0 aliphatic carbocycles. The minimum absolute atomic E-state index is 0.0326. The van der Waals surface area contributed by atoms with E-state index in [1.54, 1.807) is 12.1 Å². The molecule has 3 rings (SSSR count). The molecule has 0 saturated carbocycles. The monoisotopic (exact) mass is 442 g/mol. The number of rotatable bonds is 5. The van der Waals surface area contributed by atoms with Gasteiger partial charge in [0.2, 0.25) is 5.91 Å².